The molecule has 1 aliphatic heterocycles. The van der Waals surface area contributed by atoms with Gasteiger partial charge in [0, 0.05) is 29.9 Å². The van der Waals surface area contributed by atoms with Crippen LogP contribution in [0.25, 0.3) is 0 Å². The molecule has 1 N–H and O–H groups in total. The van der Waals surface area contributed by atoms with Gasteiger partial charge in [-0.25, -0.2) is 0 Å². The average Bonchev–Trinajstić information content (AvgIpc) is 2.93. The zero-order valence-corrected chi connectivity index (χ0v) is 16.7. The van der Waals surface area contributed by atoms with Gasteiger partial charge in [-0.1, -0.05) is 11.6 Å². The number of halogens is 2. The smallest absolute Gasteiger partial charge is 0.238 e. The molecule has 0 radical (unpaired) electrons. The molecule has 0 fully saturated rings. The predicted molar refractivity (Wildman–Crippen MR) is 103 cm³/mol. The van der Waals surface area contributed by atoms with Crippen molar-refractivity contribution >= 4 is 68.1 Å². The number of carbonyl (C=O) groups is 2. The van der Waals surface area contributed by atoms with Gasteiger partial charge in [0.2, 0.25) is 11.8 Å². The zero-order valence-electron chi connectivity index (χ0n) is 12.7. The molecule has 4 nitrogen and oxygen atoms in total. The fourth-order valence-electron chi connectivity index (χ4n) is 2.36. The number of thioether (sulfide) groups is 1. The van der Waals surface area contributed by atoms with E-state index in [1.54, 1.807) is 35.4 Å². The van der Waals surface area contributed by atoms with Crippen LogP contribution in [0.5, 0.6) is 0 Å². The summed E-state index contributed by atoms with van der Waals surface area (Å²) in [7, 11) is 1.76. The fraction of sp³-hybridized carbons (Fsp3) is 0.250. The van der Waals surface area contributed by atoms with Crippen LogP contribution in [0, 0.1) is 0 Å². The number of rotatable bonds is 4. The molecule has 1 atom stereocenters. The van der Waals surface area contributed by atoms with Crippen molar-refractivity contribution in [3.8, 4) is 0 Å². The van der Waals surface area contributed by atoms with E-state index in [4.69, 9.17) is 11.6 Å². The first-order valence-electron chi connectivity index (χ1n) is 7.16. The Morgan fingerprint density at radius 1 is 1.42 bits per heavy atom. The highest BCUT2D eigenvalue weighted by Crippen LogP contribution is 2.38. The minimum absolute atomic E-state index is 0.0533. The first kappa shape index (κ1) is 17.8. The molecule has 0 bridgehead atoms. The van der Waals surface area contributed by atoms with Crippen LogP contribution in [0.4, 0.5) is 5.69 Å². The Balaban J connectivity index is 1.63. The number of hydrogen-bond acceptors (Lipinski definition) is 4. The number of carbonyl (C=O) groups excluding carboxylic acids is 2. The number of hydrogen-bond donors (Lipinski definition) is 1. The molecule has 24 heavy (non-hydrogen) atoms. The van der Waals surface area contributed by atoms with Crippen LogP contribution in [0.1, 0.15) is 12.0 Å². The van der Waals surface area contributed by atoms with Gasteiger partial charge in [-0.05, 0) is 51.1 Å². The van der Waals surface area contributed by atoms with Crippen molar-refractivity contribution in [2.75, 3.05) is 12.4 Å². The van der Waals surface area contributed by atoms with Gasteiger partial charge in [-0.15, -0.1) is 23.1 Å². The van der Waals surface area contributed by atoms with E-state index in [-0.39, 0.29) is 18.2 Å². The molecular formula is C16H14BrClN2O2S2. The van der Waals surface area contributed by atoms with E-state index < -0.39 is 5.25 Å². The quantitative estimate of drug-likeness (QED) is 0.747. The SMILES string of the molecule is CN(Cc1csc(Br)c1)C(=O)CC1Sc2ccc(Cl)cc2NC1=O. The molecule has 1 aromatic carbocycles. The number of amides is 2. The van der Waals surface area contributed by atoms with E-state index in [9.17, 15) is 9.59 Å². The van der Waals surface area contributed by atoms with Gasteiger partial charge < -0.3 is 10.2 Å². The fourth-order valence-corrected chi connectivity index (χ4v) is 4.82. The van der Waals surface area contributed by atoms with Crippen LogP contribution < -0.4 is 5.32 Å². The highest BCUT2D eigenvalue weighted by Gasteiger charge is 2.30. The Labute approximate surface area is 161 Å². The van der Waals surface area contributed by atoms with Crippen molar-refractivity contribution in [3.63, 3.8) is 0 Å². The minimum atomic E-state index is -0.428. The summed E-state index contributed by atoms with van der Waals surface area (Å²) in [5.41, 5.74) is 1.78. The lowest BCUT2D eigenvalue weighted by atomic mass is 10.2. The second kappa shape index (κ2) is 7.47. The van der Waals surface area contributed by atoms with Crippen LogP contribution in [0.15, 0.2) is 38.3 Å². The summed E-state index contributed by atoms with van der Waals surface area (Å²) in [4.78, 5) is 27.3. The maximum atomic E-state index is 12.4. The lowest BCUT2D eigenvalue weighted by Crippen LogP contribution is -2.35. The third-order valence-corrected chi connectivity index (χ3v) is 6.65. The summed E-state index contributed by atoms with van der Waals surface area (Å²) < 4.78 is 1.04. The number of nitrogens with zero attached hydrogens (tertiary/aromatic N) is 1. The third kappa shape index (κ3) is 4.14. The van der Waals surface area contributed by atoms with Crippen LogP contribution in [-0.4, -0.2) is 29.0 Å². The van der Waals surface area contributed by atoms with Gasteiger partial charge in [-0.2, -0.15) is 0 Å². The average molecular weight is 446 g/mol. The Hall–Kier alpha value is -1.02. The number of benzene rings is 1. The van der Waals surface area contributed by atoms with Crippen molar-refractivity contribution in [1.82, 2.24) is 4.90 Å². The molecule has 1 unspecified atom stereocenters. The lowest BCUT2D eigenvalue weighted by Gasteiger charge is -2.25. The molecule has 1 aromatic heterocycles. The first-order chi connectivity index (χ1) is 11.4. The number of fused-ring (bicyclic) bond motifs is 1. The second-order valence-electron chi connectivity index (χ2n) is 5.45. The Kier molecular flexibility index (Phi) is 5.54. The van der Waals surface area contributed by atoms with E-state index in [2.05, 4.69) is 21.2 Å². The molecule has 0 saturated carbocycles. The number of thiophene rings is 1. The van der Waals surface area contributed by atoms with Crippen molar-refractivity contribution in [3.05, 3.63) is 44.0 Å². The number of nitrogens with one attached hydrogen (secondary N) is 1. The summed E-state index contributed by atoms with van der Waals surface area (Å²) in [6, 6.07) is 7.37. The van der Waals surface area contributed by atoms with Gasteiger partial charge in [0.1, 0.15) is 0 Å². The van der Waals surface area contributed by atoms with E-state index in [0.29, 0.717) is 17.3 Å². The van der Waals surface area contributed by atoms with Crippen LogP contribution in [0.3, 0.4) is 0 Å². The Bertz CT molecular complexity index is 796. The van der Waals surface area contributed by atoms with E-state index >= 15 is 0 Å². The summed E-state index contributed by atoms with van der Waals surface area (Å²) in [6.07, 6.45) is 0.167. The van der Waals surface area contributed by atoms with E-state index in [1.807, 2.05) is 17.5 Å². The van der Waals surface area contributed by atoms with Gasteiger partial charge in [-0.3, -0.25) is 9.59 Å². The highest BCUT2D eigenvalue weighted by atomic mass is 79.9. The summed E-state index contributed by atoms with van der Waals surface area (Å²) in [6.45, 7) is 0.534. The zero-order chi connectivity index (χ0) is 17.3. The maximum Gasteiger partial charge on any atom is 0.238 e. The Morgan fingerprint density at radius 2 is 2.21 bits per heavy atom. The van der Waals surface area contributed by atoms with E-state index in [0.717, 1.165) is 14.2 Å². The van der Waals surface area contributed by atoms with E-state index in [1.165, 1.54) is 11.8 Å². The highest BCUT2D eigenvalue weighted by molar-refractivity contribution is 9.11. The monoisotopic (exact) mass is 444 g/mol. The van der Waals surface area contributed by atoms with Crippen LogP contribution in [0.2, 0.25) is 5.02 Å². The van der Waals surface area contributed by atoms with Gasteiger partial charge in [0.15, 0.2) is 0 Å². The van der Waals surface area contributed by atoms with Crippen LogP contribution in [-0.2, 0) is 16.1 Å². The molecule has 0 aliphatic carbocycles. The molecule has 0 saturated heterocycles. The Morgan fingerprint density at radius 3 is 2.92 bits per heavy atom. The second-order valence-corrected chi connectivity index (χ2v) is 9.42. The summed E-state index contributed by atoms with van der Waals surface area (Å²) >= 11 is 12.4. The minimum Gasteiger partial charge on any atom is -0.341 e. The molecule has 2 aromatic rings. The third-order valence-electron chi connectivity index (χ3n) is 3.59. The lowest BCUT2D eigenvalue weighted by molar-refractivity contribution is -0.131. The molecule has 126 valence electrons. The number of anilines is 1. The topological polar surface area (TPSA) is 49.4 Å². The largest absolute Gasteiger partial charge is 0.341 e. The maximum absolute atomic E-state index is 12.4. The molecule has 8 heteroatoms. The van der Waals surface area contributed by atoms with Crippen molar-refractivity contribution < 1.29 is 9.59 Å². The molecule has 1 aliphatic rings. The van der Waals surface area contributed by atoms with Gasteiger partial charge in [0.25, 0.3) is 0 Å². The van der Waals surface area contributed by atoms with Gasteiger partial charge in [0.05, 0.1) is 14.7 Å². The van der Waals surface area contributed by atoms with Crippen LogP contribution >= 0.6 is 50.6 Å². The predicted octanol–water partition coefficient (Wildman–Crippen LogP) is 4.63. The molecule has 3 rings (SSSR count). The summed E-state index contributed by atoms with van der Waals surface area (Å²) in [5, 5.41) is 4.99. The molecule has 2 amide bonds. The van der Waals surface area contributed by atoms with Crippen molar-refractivity contribution in [2.24, 2.45) is 0 Å². The molecular weight excluding hydrogens is 432 g/mol. The van der Waals surface area contributed by atoms with Crippen molar-refractivity contribution in [2.45, 2.75) is 23.1 Å². The first-order valence-corrected chi connectivity index (χ1v) is 10.1. The normalized spacial score (nSPS) is 16.5. The van der Waals surface area contributed by atoms with Gasteiger partial charge >= 0.3 is 0 Å². The van der Waals surface area contributed by atoms with Crippen molar-refractivity contribution in [1.29, 1.82) is 0 Å². The summed E-state index contributed by atoms with van der Waals surface area (Å²) in [5.74, 6) is -0.211. The standard InChI is InChI=1S/C16H14BrClN2O2S2/c1-20(7-9-4-14(17)23-8-9)15(21)6-13-16(22)19-11-5-10(18)2-3-12(11)24-13/h2-5,8,13H,6-7H2,1H3,(H,19,22). The molecule has 0 spiro atoms. The molecule has 2 heterocycles.